The molecule has 2 aliphatic rings. The van der Waals surface area contributed by atoms with Crippen LogP contribution < -0.4 is 0 Å². The second-order valence-electron chi connectivity index (χ2n) is 5.27. The Morgan fingerprint density at radius 1 is 1.17 bits per heavy atom. The van der Waals surface area contributed by atoms with Crippen LogP contribution in [0.2, 0.25) is 0 Å². The minimum absolute atomic E-state index is 0. The second-order valence-corrected chi connectivity index (χ2v) is 5.27. The highest BCUT2D eigenvalue weighted by Crippen LogP contribution is 2.66. The molecule has 3 unspecified atom stereocenters. The van der Waals surface area contributed by atoms with E-state index in [1.807, 2.05) is 6.92 Å². The summed E-state index contributed by atoms with van der Waals surface area (Å²) in [7, 11) is 0. The summed E-state index contributed by atoms with van der Waals surface area (Å²) < 4.78 is 0. The van der Waals surface area contributed by atoms with Gasteiger partial charge in [-0.2, -0.15) is 0 Å². The third-order valence-corrected chi connectivity index (χ3v) is 3.94. The summed E-state index contributed by atoms with van der Waals surface area (Å²) in [6, 6.07) is 0. The lowest BCUT2D eigenvalue weighted by Crippen LogP contribution is -2.28. The smallest absolute Gasteiger partial charge is 0.0622 e. The number of rotatable bonds is 0. The molecule has 0 amide bonds. The van der Waals surface area contributed by atoms with Crippen LogP contribution in [0.15, 0.2) is 0 Å². The van der Waals surface area contributed by atoms with E-state index in [-0.39, 0.29) is 11.1 Å². The van der Waals surface area contributed by atoms with Gasteiger partial charge >= 0.3 is 0 Å². The Kier molecular flexibility index (Phi) is 2.05. The van der Waals surface area contributed by atoms with E-state index in [1.54, 1.807) is 0 Å². The van der Waals surface area contributed by atoms with Gasteiger partial charge in [-0.05, 0) is 43.4 Å². The van der Waals surface area contributed by atoms with Gasteiger partial charge < -0.3 is 10.6 Å². The molecule has 2 saturated carbocycles. The molecule has 72 valence electrons. The molecule has 0 aromatic heterocycles. The van der Waals surface area contributed by atoms with Crippen molar-refractivity contribution in [2.45, 2.75) is 45.6 Å². The third kappa shape index (κ3) is 1.27. The molecule has 2 rings (SSSR count). The first kappa shape index (κ1) is 10.0. The van der Waals surface area contributed by atoms with Crippen LogP contribution in [-0.2, 0) is 0 Å². The number of fused-ring (bicyclic) bond motifs is 1. The molecule has 0 bridgehead atoms. The number of hydrogen-bond donors (Lipinski definition) is 1. The average molecular weight is 172 g/mol. The van der Waals surface area contributed by atoms with E-state index < -0.39 is 0 Å². The lowest BCUT2D eigenvalue weighted by atomic mass is 9.87. The van der Waals surface area contributed by atoms with Gasteiger partial charge in [-0.15, -0.1) is 0 Å². The predicted octanol–water partition coefficient (Wildman–Crippen LogP) is 1.37. The van der Waals surface area contributed by atoms with Crippen LogP contribution >= 0.6 is 0 Å². The maximum atomic E-state index is 9.80. The Morgan fingerprint density at radius 3 is 2.17 bits per heavy atom. The lowest BCUT2D eigenvalue weighted by Gasteiger charge is -2.26. The monoisotopic (exact) mass is 172 g/mol. The van der Waals surface area contributed by atoms with Crippen molar-refractivity contribution in [3.05, 3.63) is 0 Å². The second kappa shape index (κ2) is 2.46. The Labute approximate surface area is 74.3 Å². The molecule has 0 aromatic carbocycles. The fourth-order valence-corrected chi connectivity index (χ4v) is 2.88. The van der Waals surface area contributed by atoms with E-state index in [0.29, 0.717) is 5.41 Å². The summed E-state index contributed by atoms with van der Waals surface area (Å²) in [5.74, 6) is 1.73. The van der Waals surface area contributed by atoms with E-state index in [0.717, 1.165) is 24.7 Å². The van der Waals surface area contributed by atoms with Crippen molar-refractivity contribution in [2.75, 3.05) is 0 Å². The van der Waals surface area contributed by atoms with Gasteiger partial charge in [0.05, 0.1) is 5.60 Å². The van der Waals surface area contributed by atoms with Crippen LogP contribution in [0.5, 0.6) is 0 Å². The first-order chi connectivity index (χ1) is 4.93. The molecule has 2 heteroatoms. The maximum absolute atomic E-state index is 9.80. The van der Waals surface area contributed by atoms with Crippen LogP contribution in [0.1, 0.15) is 40.0 Å². The Hall–Kier alpha value is -0.0800. The highest BCUT2D eigenvalue weighted by molar-refractivity contribution is 5.10. The molecule has 0 saturated heterocycles. The molecule has 0 aliphatic heterocycles. The van der Waals surface area contributed by atoms with Gasteiger partial charge in [-0.25, -0.2) is 0 Å². The Balaban J connectivity index is 0.000000720. The zero-order valence-corrected chi connectivity index (χ0v) is 8.22. The summed E-state index contributed by atoms with van der Waals surface area (Å²) >= 11 is 0. The van der Waals surface area contributed by atoms with Crippen LogP contribution in [0.4, 0.5) is 0 Å². The fourth-order valence-electron chi connectivity index (χ4n) is 2.88. The summed E-state index contributed by atoms with van der Waals surface area (Å²) in [5.41, 5.74) is 0.190. The van der Waals surface area contributed by atoms with Crippen LogP contribution in [-0.4, -0.2) is 16.2 Å². The summed E-state index contributed by atoms with van der Waals surface area (Å²) in [6.45, 7) is 6.66. The van der Waals surface area contributed by atoms with Crippen LogP contribution in [0.3, 0.4) is 0 Å². The van der Waals surface area contributed by atoms with Crippen LogP contribution in [0, 0.1) is 17.3 Å². The van der Waals surface area contributed by atoms with Crippen molar-refractivity contribution >= 4 is 0 Å². The van der Waals surface area contributed by atoms with Crippen LogP contribution in [0.25, 0.3) is 0 Å². The van der Waals surface area contributed by atoms with E-state index in [4.69, 9.17) is 0 Å². The van der Waals surface area contributed by atoms with Gasteiger partial charge in [0.2, 0.25) is 0 Å². The molecule has 3 atom stereocenters. The molecule has 2 nitrogen and oxygen atoms in total. The van der Waals surface area contributed by atoms with Gasteiger partial charge in [0.25, 0.3) is 0 Å². The fraction of sp³-hybridized carbons (Fsp3) is 1.00. The van der Waals surface area contributed by atoms with Gasteiger partial charge in [0.15, 0.2) is 0 Å². The normalized spacial score (nSPS) is 49.0. The largest absolute Gasteiger partial charge is 0.412 e. The molecule has 0 radical (unpaired) electrons. The molecule has 12 heavy (non-hydrogen) atoms. The topological polar surface area (TPSA) is 51.7 Å². The number of aliphatic hydroxyl groups is 1. The highest BCUT2D eigenvalue weighted by atomic mass is 16.3. The first-order valence-electron chi connectivity index (χ1n) is 4.66. The third-order valence-electron chi connectivity index (χ3n) is 3.94. The van der Waals surface area contributed by atoms with Crippen molar-refractivity contribution in [1.29, 1.82) is 0 Å². The predicted molar refractivity (Wildman–Crippen MR) is 48.8 cm³/mol. The molecule has 0 spiro atoms. The van der Waals surface area contributed by atoms with Crippen molar-refractivity contribution in [3.8, 4) is 0 Å². The Morgan fingerprint density at radius 2 is 1.75 bits per heavy atom. The van der Waals surface area contributed by atoms with E-state index in [2.05, 4.69) is 13.8 Å². The minimum atomic E-state index is -0.352. The molecule has 0 aromatic rings. The van der Waals surface area contributed by atoms with Crippen molar-refractivity contribution in [1.82, 2.24) is 0 Å². The van der Waals surface area contributed by atoms with Gasteiger partial charge in [0.1, 0.15) is 0 Å². The zero-order valence-electron chi connectivity index (χ0n) is 8.22. The number of hydrogen-bond acceptors (Lipinski definition) is 1. The molecule has 2 aliphatic carbocycles. The SMILES string of the molecule is CC1(O)CCC2C(C1)C2(C)C.O. The molecule has 3 N–H and O–H groups in total. The highest BCUT2D eigenvalue weighted by Gasteiger charge is 2.60. The zero-order chi connectivity index (χ0) is 8.28. The molecule has 0 heterocycles. The van der Waals surface area contributed by atoms with Gasteiger partial charge in [-0.3, -0.25) is 0 Å². The summed E-state index contributed by atoms with van der Waals surface area (Å²) in [4.78, 5) is 0. The van der Waals surface area contributed by atoms with Gasteiger partial charge in [0, 0.05) is 0 Å². The quantitative estimate of drug-likeness (QED) is 0.589. The summed E-state index contributed by atoms with van der Waals surface area (Å²) in [6.07, 6.45) is 3.28. The average Bonchev–Trinajstić information content (AvgIpc) is 2.32. The first-order valence-corrected chi connectivity index (χ1v) is 4.66. The molecule has 2 fully saturated rings. The van der Waals surface area contributed by atoms with Crippen molar-refractivity contribution in [3.63, 3.8) is 0 Å². The molecular weight excluding hydrogens is 152 g/mol. The van der Waals surface area contributed by atoms with Crippen molar-refractivity contribution < 1.29 is 10.6 Å². The minimum Gasteiger partial charge on any atom is -0.412 e. The van der Waals surface area contributed by atoms with E-state index >= 15 is 0 Å². The standard InChI is InChI=1S/C10H18O.H2O/c1-9(2)7-4-5-10(3,11)6-8(7)9;/h7-8,11H,4-6H2,1-3H3;1H2. The Bertz CT molecular complexity index is 182. The summed E-state index contributed by atoms with van der Waals surface area (Å²) in [5, 5.41) is 9.80. The maximum Gasteiger partial charge on any atom is 0.0622 e. The lowest BCUT2D eigenvalue weighted by molar-refractivity contribution is 0.0179. The van der Waals surface area contributed by atoms with E-state index in [1.165, 1.54) is 6.42 Å². The van der Waals surface area contributed by atoms with E-state index in [9.17, 15) is 5.11 Å². The van der Waals surface area contributed by atoms with Crippen molar-refractivity contribution in [2.24, 2.45) is 17.3 Å². The van der Waals surface area contributed by atoms with Gasteiger partial charge in [-0.1, -0.05) is 13.8 Å². The molecular formula is C10H20O2.